The molecule has 0 aliphatic carbocycles. The lowest BCUT2D eigenvalue weighted by Crippen LogP contribution is -2.77. The number of anilines is 3. The van der Waals surface area contributed by atoms with E-state index in [1.54, 1.807) is 6.20 Å². The summed E-state index contributed by atoms with van der Waals surface area (Å²) in [5, 5.41) is 16.1. The van der Waals surface area contributed by atoms with Crippen molar-refractivity contribution in [2.45, 2.75) is 0 Å². The number of quaternary nitrogens is 1. The molecule has 6 aromatic rings. The minimum absolute atomic E-state index is 0.462. The number of aliphatic imine (C=N–C) groups is 1. The standard InChI is InChI=1S/C38H28N4/c39-38(37(29-10-2-1-3-11-29)36-26-40-22-23-41-36)30-16-18-33(19-17-30)42(34-20-14-27-8-4-6-12-31(27)24-34)35-21-15-28-9-5-7-13-32(28)25-35/h1-26,39,41H/p+1. The number of nitrogens with zero attached hydrogens (tertiary/aromatic N) is 2. The quantitative estimate of drug-likeness (QED) is 0.205. The first-order valence-corrected chi connectivity index (χ1v) is 14.0. The van der Waals surface area contributed by atoms with Gasteiger partial charge in [0.25, 0.3) is 0 Å². The molecule has 7 rings (SSSR count). The molecule has 0 saturated carbocycles. The first-order chi connectivity index (χ1) is 20.7. The van der Waals surface area contributed by atoms with Crippen molar-refractivity contribution < 1.29 is 5.32 Å². The second-order valence-electron chi connectivity index (χ2n) is 10.3. The van der Waals surface area contributed by atoms with Crippen LogP contribution in [-0.2, 0) is 0 Å². The molecule has 42 heavy (non-hydrogen) atoms. The second-order valence-corrected chi connectivity index (χ2v) is 10.3. The molecule has 0 amide bonds. The SMILES string of the molecule is N=C(C(=C1C=NC=C[NH2+]1)c1ccccc1)c1ccc(N(c2ccc3ccccc3c2)c2ccc3ccccc3c2)cc1. The summed E-state index contributed by atoms with van der Waals surface area (Å²) in [5.41, 5.74) is 7.27. The highest BCUT2D eigenvalue weighted by Crippen LogP contribution is 2.38. The molecule has 0 bridgehead atoms. The molecule has 0 saturated heterocycles. The molecule has 4 nitrogen and oxygen atoms in total. The lowest BCUT2D eigenvalue weighted by molar-refractivity contribution is -0.525. The molecule has 1 aliphatic heterocycles. The van der Waals surface area contributed by atoms with Gasteiger partial charge < -0.3 is 4.90 Å². The van der Waals surface area contributed by atoms with Crippen LogP contribution in [0.1, 0.15) is 11.1 Å². The average Bonchev–Trinajstić information content (AvgIpc) is 3.06. The molecule has 0 atom stereocenters. The van der Waals surface area contributed by atoms with Gasteiger partial charge in [0, 0.05) is 22.6 Å². The van der Waals surface area contributed by atoms with Crippen LogP contribution in [-0.4, -0.2) is 11.9 Å². The van der Waals surface area contributed by atoms with E-state index in [1.807, 2.05) is 60.2 Å². The Labute approximate surface area is 245 Å². The third-order valence-corrected chi connectivity index (χ3v) is 7.66. The Kier molecular flexibility index (Phi) is 6.73. The van der Waals surface area contributed by atoms with E-state index in [2.05, 4.69) is 107 Å². The summed E-state index contributed by atoms with van der Waals surface area (Å²) in [6.07, 6.45) is 5.50. The summed E-state index contributed by atoms with van der Waals surface area (Å²) < 4.78 is 0. The summed E-state index contributed by atoms with van der Waals surface area (Å²) in [7, 11) is 0. The number of fused-ring (bicyclic) bond motifs is 2. The van der Waals surface area contributed by atoms with Crippen LogP contribution in [0.4, 0.5) is 17.1 Å². The highest BCUT2D eigenvalue weighted by atomic mass is 15.1. The van der Waals surface area contributed by atoms with Gasteiger partial charge in [-0.3, -0.25) is 15.7 Å². The summed E-state index contributed by atoms with van der Waals surface area (Å²) in [5.74, 6) is 0. The van der Waals surface area contributed by atoms with Crippen molar-refractivity contribution in [2.75, 3.05) is 4.90 Å². The van der Waals surface area contributed by atoms with E-state index in [1.165, 1.54) is 21.5 Å². The van der Waals surface area contributed by atoms with Crippen molar-refractivity contribution in [3.8, 4) is 0 Å². The Hall–Kier alpha value is -5.58. The maximum absolute atomic E-state index is 9.27. The fraction of sp³-hybridized carbons (Fsp3) is 0. The average molecular weight is 542 g/mol. The second kappa shape index (κ2) is 11.1. The fourth-order valence-corrected chi connectivity index (χ4v) is 5.57. The summed E-state index contributed by atoms with van der Waals surface area (Å²) >= 11 is 0. The van der Waals surface area contributed by atoms with Gasteiger partial charge in [-0.1, -0.05) is 103 Å². The van der Waals surface area contributed by atoms with E-state index < -0.39 is 0 Å². The number of rotatable bonds is 6. The molecule has 0 unspecified atom stereocenters. The number of nitrogens with two attached hydrogens (primary N) is 1. The summed E-state index contributed by atoms with van der Waals surface area (Å²) in [4.78, 5) is 6.62. The van der Waals surface area contributed by atoms with Crippen LogP contribution in [0.15, 0.2) is 163 Å². The highest BCUT2D eigenvalue weighted by molar-refractivity contribution is 6.32. The lowest BCUT2D eigenvalue weighted by atomic mass is 9.94. The van der Waals surface area contributed by atoms with Crippen molar-refractivity contribution in [3.05, 3.63) is 169 Å². The predicted octanol–water partition coefficient (Wildman–Crippen LogP) is 8.36. The lowest BCUT2D eigenvalue weighted by Gasteiger charge is -2.26. The van der Waals surface area contributed by atoms with Gasteiger partial charge in [-0.05, 0) is 63.5 Å². The largest absolute Gasteiger partial charge is 0.310 e. The highest BCUT2D eigenvalue weighted by Gasteiger charge is 2.20. The van der Waals surface area contributed by atoms with Crippen molar-refractivity contribution >= 4 is 56.1 Å². The summed E-state index contributed by atoms with van der Waals surface area (Å²) in [6.45, 7) is 0. The van der Waals surface area contributed by atoms with E-state index in [9.17, 15) is 5.41 Å². The molecule has 0 radical (unpaired) electrons. The molecule has 0 fully saturated rings. The van der Waals surface area contributed by atoms with Gasteiger partial charge in [0.1, 0.15) is 6.20 Å². The molecule has 0 aromatic heterocycles. The molecule has 6 aromatic carbocycles. The van der Waals surface area contributed by atoms with Crippen molar-refractivity contribution in [1.29, 1.82) is 5.41 Å². The van der Waals surface area contributed by atoms with E-state index in [0.29, 0.717) is 5.71 Å². The molecule has 200 valence electrons. The Morgan fingerprint density at radius 1 is 0.548 bits per heavy atom. The number of allylic oxidation sites excluding steroid dienone is 2. The van der Waals surface area contributed by atoms with E-state index in [-0.39, 0.29) is 0 Å². The molecule has 1 heterocycles. The van der Waals surface area contributed by atoms with Gasteiger partial charge in [0.05, 0.1) is 23.7 Å². The van der Waals surface area contributed by atoms with E-state index in [4.69, 9.17) is 0 Å². The van der Waals surface area contributed by atoms with Crippen LogP contribution >= 0.6 is 0 Å². The van der Waals surface area contributed by atoms with Crippen LogP contribution in [0.3, 0.4) is 0 Å². The Morgan fingerprint density at radius 2 is 1.10 bits per heavy atom. The first kappa shape index (κ1) is 25.4. The van der Waals surface area contributed by atoms with Gasteiger partial charge in [0.2, 0.25) is 0 Å². The predicted molar refractivity (Wildman–Crippen MR) is 176 cm³/mol. The van der Waals surface area contributed by atoms with Crippen LogP contribution in [0, 0.1) is 5.41 Å². The molecule has 1 aliphatic rings. The van der Waals surface area contributed by atoms with Gasteiger partial charge in [0.15, 0.2) is 5.70 Å². The first-order valence-electron chi connectivity index (χ1n) is 14.0. The smallest absolute Gasteiger partial charge is 0.162 e. The van der Waals surface area contributed by atoms with Gasteiger partial charge >= 0.3 is 0 Å². The Morgan fingerprint density at radius 3 is 1.67 bits per heavy atom. The molecule has 4 heteroatoms. The van der Waals surface area contributed by atoms with Gasteiger partial charge in [-0.15, -0.1) is 0 Å². The normalized spacial score (nSPS) is 13.8. The zero-order valence-corrected chi connectivity index (χ0v) is 23.0. The van der Waals surface area contributed by atoms with Crippen molar-refractivity contribution in [2.24, 2.45) is 4.99 Å². The van der Waals surface area contributed by atoms with Gasteiger partial charge in [-0.2, -0.15) is 0 Å². The van der Waals surface area contributed by atoms with Crippen molar-refractivity contribution in [1.82, 2.24) is 0 Å². The minimum atomic E-state index is 0.462. The Bertz CT molecular complexity index is 1940. The van der Waals surface area contributed by atoms with Crippen LogP contribution in [0.5, 0.6) is 0 Å². The monoisotopic (exact) mass is 541 g/mol. The van der Waals surface area contributed by atoms with E-state index >= 15 is 0 Å². The molecule has 3 N–H and O–H groups in total. The zero-order chi connectivity index (χ0) is 28.3. The van der Waals surface area contributed by atoms with Crippen LogP contribution in [0.2, 0.25) is 0 Å². The molecule has 0 spiro atoms. The molecular formula is C38H29N4+. The zero-order valence-electron chi connectivity index (χ0n) is 23.0. The minimum Gasteiger partial charge on any atom is -0.310 e. The topological polar surface area (TPSA) is 56.1 Å². The maximum atomic E-state index is 9.27. The number of hydrogen-bond donors (Lipinski definition) is 2. The van der Waals surface area contributed by atoms with Gasteiger partial charge in [-0.25, -0.2) is 0 Å². The van der Waals surface area contributed by atoms with Crippen LogP contribution in [0.25, 0.3) is 27.1 Å². The summed E-state index contributed by atoms with van der Waals surface area (Å²) in [6, 6.07) is 48.5. The number of hydrogen-bond acceptors (Lipinski definition) is 3. The van der Waals surface area contributed by atoms with Crippen LogP contribution < -0.4 is 10.2 Å². The number of benzene rings is 6. The third kappa shape index (κ3) is 4.92. The molecular weight excluding hydrogens is 512 g/mol. The number of nitrogens with one attached hydrogen (secondary N) is 1. The Balaban J connectivity index is 1.32. The van der Waals surface area contributed by atoms with Crippen molar-refractivity contribution in [3.63, 3.8) is 0 Å². The maximum Gasteiger partial charge on any atom is 0.162 e. The fourth-order valence-electron chi connectivity index (χ4n) is 5.57. The van der Waals surface area contributed by atoms with E-state index in [0.717, 1.165) is 39.5 Å². The third-order valence-electron chi connectivity index (χ3n) is 7.66.